The average molecular weight is 326 g/mol. The molecule has 2 N–H and O–H groups in total. The Bertz CT molecular complexity index is 653. The molecule has 124 valence electrons. The Balaban J connectivity index is 2.30. The van der Waals surface area contributed by atoms with Gasteiger partial charge in [-0.05, 0) is 37.0 Å². The lowest BCUT2D eigenvalue weighted by Crippen LogP contribution is -2.43. The van der Waals surface area contributed by atoms with Crippen LogP contribution < -0.4 is 5.73 Å². The predicted octanol–water partition coefficient (Wildman–Crippen LogP) is 2.59. The first kappa shape index (κ1) is 17.1. The van der Waals surface area contributed by atoms with Crippen LogP contribution in [-0.2, 0) is 15.8 Å². The third kappa shape index (κ3) is 3.72. The summed E-state index contributed by atoms with van der Waals surface area (Å²) in [7, 11) is 0. The van der Waals surface area contributed by atoms with E-state index < -0.39 is 29.6 Å². The van der Waals surface area contributed by atoms with Gasteiger partial charge < -0.3 is 10.6 Å². The summed E-state index contributed by atoms with van der Waals surface area (Å²) in [6, 6.07) is 4.38. The Morgan fingerprint density at radius 2 is 1.96 bits per heavy atom. The minimum absolute atomic E-state index is 0.0526. The fourth-order valence-corrected chi connectivity index (χ4v) is 2.75. The molecule has 23 heavy (non-hydrogen) atoms. The van der Waals surface area contributed by atoms with E-state index in [1.165, 1.54) is 30.0 Å². The molecule has 1 unspecified atom stereocenters. The van der Waals surface area contributed by atoms with Gasteiger partial charge in [-0.2, -0.15) is 13.2 Å². The summed E-state index contributed by atoms with van der Waals surface area (Å²) in [4.78, 5) is 24.9. The van der Waals surface area contributed by atoms with E-state index in [1.807, 2.05) is 0 Å². The summed E-state index contributed by atoms with van der Waals surface area (Å²) in [5.74, 6) is -1.10. The molecule has 0 aliphatic carbocycles. The molecule has 0 aromatic heterocycles. The van der Waals surface area contributed by atoms with Crippen LogP contribution in [0.3, 0.4) is 0 Å². The summed E-state index contributed by atoms with van der Waals surface area (Å²) in [6.45, 7) is 1.81. The maximum absolute atomic E-state index is 13.0. The van der Waals surface area contributed by atoms with E-state index in [-0.39, 0.29) is 11.1 Å². The summed E-state index contributed by atoms with van der Waals surface area (Å²) in [6.07, 6.45) is -2.25. The van der Waals surface area contributed by atoms with Crippen LogP contribution >= 0.6 is 0 Å². The number of benzene rings is 1. The second-order valence-electron chi connectivity index (χ2n) is 5.46. The lowest BCUT2D eigenvalue weighted by atomic mass is 10.00. The average Bonchev–Trinajstić information content (AvgIpc) is 2.96. The van der Waals surface area contributed by atoms with Crippen molar-refractivity contribution in [2.75, 3.05) is 6.54 Å². The zero-order chi connectivity index (χ0) is 17.2. The number of halogens is 3. The van der Waals surface area contributed by atoms with Crippen molar-refractivity contribution in [1.29, 1.82) is 0 Å². The Hall–Kier alpha value is -2.31. The van der Waals surface area contributed by atoms with E-state index in [2.05, 4.69) is 0 Å². The van der Waals surface area contributed by atoms with Crippen LogP contribution in [0.25, 0.3) is 5.57 Å². The highest BCUT2D eigenvalue weighted by Crippen LogP contribution is 2.34. The van der Waals surface area contributed by atoms with Gasteiger partial charge in [-0.15, -0.1) is 0 Å². The number of carbonyl (C=O) groups is 2. The lowest BCUT2D eigenvalue weighted by molar-refractivity contribution is -0.137. The monoisotopic (exact) mass is 326 g/mol. The van der Waals surface area contributed by atoms with Crippen LogP contribution in [0.2, 0.25) is 0 Å². The SMILES string of the molecule is CC(=CC(=O)N1CCCC1C(N)=O)c1ccccc1C(F)(F)F. The van der Waals surface area contributed by atoms with Gasteiger partial charge in [-0.3, -0.25) is 9.59 Å². The topological polar surface area (TPSA) is 63.4 Å². The van der Waals surface area contributed by atoms with Crippen LogP contribution in [0.15, 0.2) is 30.3 Å². The van der Waals surface area contributed by atoms with Gasteiger partial charge in [0.05, 0.1) is 5.56 Å². The van der Waals surface area contributed by atoms with Crippen LogP contribution in [-0.4, -0.2) is 29.3 Å². The van der Waals surface area contributed by atoms with Gasteiger partial charge in [0.2, 0.25) is 11.8 Å². The second-order valence-corrected chi connectivity index (χ2v) is 5.46. The van der Waals surface area contributed by atoms with Crippen molar-refractivity contribution >= 4 is 17.4 Å². The second kappa shape index (κ2) is 6.44. The van der Waals surface area contributed by atoms with Gasteiger partial charge in [0.15, 0.2) is 0 Å². The van der Waals surface area contributed by atoms with Gasteiger partial charge >= 0.3 is 6.18 Å². The molecule has 0 saturated carbocycles. The van der Waals surface area contributed by atoms with Gasteiger partial charge in [0, 0.05) is 12.6 Å². The summed E-state index contributed by atoms with van der Waals surface area (Å²) >= 11 is 0. The number of likely N-dealkylation sites (tertiary alicyclic amines) is 1. The molecule has 2 amide bonds. The fourth-order valence-electron chi connectivity index (χ4n) is 2.75. The molecule has 1 atom stereocenters. The molecule has 1 aliphatic rings. The minimum atomic E-state index is -4.50. The number of rotatable bonds is 3. The summed E-state index contributed by atoms with van der Waals surface area (Å²) in [5, 5.41) is 0. The molecule has 1 aliphatic heterocycles. The maximum atomic E-state index is 13.0. The number of alkyl halides is 3. The van der Waals surface area contributed by atoms with E-state index >= 15 is 0 Å². The van der Waals surface area contributed by atoms with E-state index in [0.29, 0.717) is 19.4 Å². The van der Waals surface area contributed by atoms with Crippen molar-refractivity contribution in [2.45, 2.75) is 32.0 Å². The number of allylic oxidation sites excluding steroid dienone is 1. The Labute approximate surface area is 131 Å². The third-order valence-electron chi connectivity index (χ3n) is 3.86. The smallest absolute Gasteiger partial charge is 0.368 e. The third-order valence-corrected chi connectivity index (χ3v) is 3.86. The highest BCUT2D eigenvalue weighted by Gasteiger charge is 2.34. The minimum Gasteiger partial charge on any atom is -0.368 e. The Morgan fingerprint density at radius 3 is 2.57 bits per heavy atom. The molecule has 1 fully saturated rings. The van der Waals surface area contributed by atoms with E-state index in [4.69, 9.17) is 5.73 Å². The molecule has 1 saturated heterocycles. The number of amides is 2. The van der Waals surface area contributed by atoms with Crippen molar-refractivity contribution in [3.05, 3.63) is 41.5 Å². The van der Waals surface area contributed by atoms with E-state index in [1.54, 1.807) is 0 Å². The summed E-state index contributed by atoms with van der Waals surface area (Å²) < 4.78 is 39.1. The molecule has 1 heterocycles. The van der Waals surface area contributed by atoms with Crippen molar-refractivity contribution < 1.29 is 22.8 Å². The summed E-state index contributed by atoms with van der Waals surface area (Å²) in [5.41, 5.74) is 4.59. The highest BCUT2D eigenvalue weighted by molar-refractivity contribution is 5.98. The van der Waals surface area contributed by atoms with Crippen molar-refractivity contribution in [3.8, 4) is 0 Å². The number of nitrogens with zero attached hydrogens (tertiary/aromatic N) is 1. The zero-order valence-electron chi connectivity index (χ0n) is 12.6. The molecule has 0 spiro atoms. The number of hydrogen-bond donors (Lipinski definition) is 1. The van der Waals surface area contributed by atoms with E-state index in [9.17, 15) is 22.8 Å². The standard InChI is InChI=1S/C16H17F3N2O2/c1-10(11-5-2-3-6-12(11)16(17,18)19)9-14(22)21-8-4-7-13(21)15(20)23/h2-3,5-6,9,13H,4,7-8H2,1H3,(H2,20,23). The van der Waals surface area contributed by atoms with Gasteiger partial charge in [-0.1, -0.05) is 18.2 Å². The van der Waals surface area contributed by atoms with Crippen LogP contribution in [0.1, 0.15) is 30.9 Å². The van der Waals surface area contributed by atoms with Crippen LogP contribution in [0.5, 0.6) is 0 Å². The van der Waals surface area contributed by atoms with Crippen molar-refractivity contribution in [3.63, 3.8) is 0 Å². The number of hydrogen-bond acceptors (Lipinski definition) is 2. The largest absolute Gasteiger partial charge is 0.416 e. The van der Waals surface area contributed by atoms with Crippen LogP contribution in [0, 0.1) is 0 Å². The first-order valence-corrected chi connectivity index (χ1v) is 7.16. The first-order valence-electron chi connectivity index (χ1n) is 7.16. The lowest BCUT2D eigenvalue weighted by Gasteiger charge is -2.21. The molecule has 7 heteroatoms. The Kier molecular flexibility index (Phi) is 4.77. The van der Waals surface area contributed by atoms with Crippen molar-refractivity contribution in [1.82, 2.24) is 4.90 Å². The zero-order valence-corrected chi connectivity index (χ0v) is 12.6. The molecule has 2 rings (SSSR count). The van der Waals surface area contributed by atoms with E-state index in [0.717, 1.165) is 12.1 Å². The quantitative estimate of drug-likeness (QED) is 0.868. The normalized spacial score (nSPS) is 19.0. The van der Waals surface area contributed by atoms with Crippen molar-refractivity contribution in [2.24, 2.45) is 5.73 Å². The molecule has 0 bridgehead atoms. The Morgan fingerprint density at radius 1 is 1.30 bits per heavy atom. The molecule has 1 aromatic carbocycles. The number of carbonyl (C=O) groups excluding carboxylic acids is 2. The number of primary amides is 1. The maximum Gasteiger partial charge on any atom is 0.416 e. The highest BCUT2D eigenvalue weighted by atomic mass is 19.4. The van der Waals surface area contributed by atoms with Gasteiger partial charge in [-0.25, -0.2) is 0 Å². The predicted molar refractivity (Wildman–Crippen MR) is 79.0 cm³/mol. The van der Waals surface area contributed by atoms with Gasteiger partial charge in [0.1, 0.15) is 6.04 Å². The molecule has 4 nitrogen and oxygen atoms in total. The molecular formula is C16H17F3N2O2. The fraction of sp³-hybridized carbons (Fsp3) is 0.375. The number of nitrogens with two attached hydrogens (primary N) is 1. The first-order chi connectivity index (χ1) is 10.7. The molecule has 0 radical (unpaired) electrons. The molecular weight excluding hydrogens is 309 g/mol. The van der Waals surface area contributed by atoms with Gasteiger partial charge in [0.25, 0.3) is 0 Å². The molecule has 1 aromatic rings. The van der Waals surface area contributed by atoms with Crippen LogP contribution in [0.4, 0.5) is 13.2 Å².